The monoisotopic (exact) mass is 328 g/mol. The van der Waals surface area contributed by atoms with Crippen LogP contribution in [0.25, 0.3) is 0 Å². The van der Waals surface area contributed by atoms with E-state index in [0.29, 0.717) is 18.7 Å². The first-order valence-corrected chi connectivity index (χ1v) is 9.58. The molecule has 3 fully saturated rings. The molecule has 2 aliphatic carbocycles. The maximum atomic E-state index is 12.4. The number of fused-ring (bicyclic) bond motifs is 2. The third-order valence-corrected chi connectivity index (χ3v) is 5.87. The van der Waals surface area contributed by atoms with Gasteiger partial charge in [0.05, 0.1) is 6.10 Å². The minimum absolute atomic E-state index is 0.0980. The summed E-state index contributed by atoms with van der Waals surface area (Å²) in [5, 5.41) is 3.09. The Morgan fingerprint density at radius 2 is 2.04 bits per heavy atom. The molecule has 1 heterocycles. The molecule has 4 rings (SSSR count). The second kappa shape index (κ2) is 7.04. The summed E-state index contributed by atoms with van der Waals surface area (Å²) < 4.78 is 6.12. The molecule has 2 saturated carbocycles. The van der Waals surface area contributed by atoms with Gasteiger partial charge in [0.15, 0.2) is 0 Å². The molecule has 4 heteroatoms. The molecule has 1 aromatic rings. The van der Waals surface area contributed by atoms with Crippen LogP contribution in [0, 0.1) is 5.92 Å². The average molecular weight is 328 g/mol. The lowest BCUT2D eigenvalue weighted by atomic mass is 9.98. The Labute approximate surface area is 144 Å². The maximum Gasteiger partial charge on any atom is 0.317 e. The first-order valence-electron chi connectivity index (χ1n) is 9.58. The highest BCUT2D eigenvalue weighted by molar-refractivity contribution is 5.75. The number of nitrogens with one attached hydrogen (secondary N) is 1. The van der Waals surface area contributed by atoms with E-state index in [0.717, 1.165) is 23.8 Å². The van der Waals surface area contributed by atoms with Gasteiger partial charge >= 0.3 is 6.03 Å². The predicted molar refractivity (Wildman–Crippen MR) is 94.0 cm³/mol. The molecular weight excluding hydrogens is 300 g/mol. The van der Waals surface area contributed by atoms with Crippen molar-refractivity contribution in [2.75, 3.05) is 6.54 Å². The Balaban J connectivity index is 1.30. The number of carbonyl (C=O) groups excluding carboxylic acids is 1. The van der Waals surface area contributed by atoms with Crippen LogP contribution in [0.4, 0.5) is 4.79 Å². The van der Waals surface area contributed by atoms with Crippen LogP contribution in [-0.2, 0) is 6.54 Å². The van der Waals surface area contributed by atoms with Crippen molar-refractivity contribution in [1.82, 2.24) is 10.2 Å². The highest BCUT2D eigenvalue weighted by Crippen LogP contribution is 2.37. The van der Waals surface area contributed by atoms with Gasteiger partial charge in [0, 0.05) is 19.1 Å². The van der Waals surface area contributed by atoms with E-state index in [9.17, 15) is 4.79 Å². The quantitative estimate of drug-likeness (QED) is 0.904. The van der Waals surface area contributed by atoms with Gasteiger partial charge in [-0.05, 0) is 68.6 Å². The van der Waals surface area contributed by atoms with Crippen LogP contribution in [0.15, 0.2) is 24.3 Å². The van der Waals surface area contributed by atoms with E-state index >= 15 is 0 Å². The number of piperidine rings is 1. The summed E-state index contributed by atoms with van der Waals surface area (Å²) in [6.07, 6.45) is 10.3. The van der Waals surface area contributed by atoms with Crippen molar-refractivity contribution in [1.29, 1.82) is 0 Å². The summed E-state index contributed by atoms with van der Waals surface area (Å²) in [4.78, 5) is 14.4. The van der Waals surface area contributed by atoms with E-state index in [1.807, 2.05) is 17.0 Å². The summed E-state index contributed by atoms with van der Waals surface area (Å²) in [6.45, 7) is 1.52. The summed E-state index contributed by atoms with van der Waals surface area (Å²) in [5.74, 6) is 1.68. The van der Waals surface area contributed by atoms with Gasteiger partial charge < -0.3 is 15.0 Å². The highest BCUT2D eigenvalue weighted by Gasteiger charge is 2.40. The molecule has 0 aromatic heterocycles. The Morgan fingerprint density at radius 1 is 1.17 bits per heavy atom. The largest absolute Gasteiger partial charge is 0.490 e. The predicted octanol–water partition coefficient (Wildman–Crippen LogP) is 4.09. The molecular formula is C20H28N2O2. The van der Waals surface area contributed by atoms with Crippen molar-refractivity contribution in [3.8, 4) is 5.75 Å². The molecule has 2 atom stereocenters. The van der Waals surface area contributed by atoms with Crippen LogP contribution >= 0.6 is 0 Å². The van der Waals surface area contributed by atoms with Gasteiger partial charge in [-0.2, -0.15) is 0 Å². The summed E-state index contributed by atoms with van der Waals surface area (Å²) in [6, 6.07) is 8.77. The van der Waals surface area contributed by atoms with Crippen LogP contribution in [0.1, 0.15) is 56.9 Å². The second-order valence-electron chi connectivity index (χ2n) is 7.67. The first kappa shape index (κ1) is 15.8. The topological polar surface area (TPSA) is 41.6 Å². The van der Waals surface area contributed by atoms with Crippen molar-refractivity contribution in [2.24, 2.45) is 5.92 Å². The number of likely N-dealkylation sites (tertiary alicyclic amines) is 1. The molecule has 2 amide bonds. The number of carbonyl (C=O) groups is 1. The Bertz CT molecular complexity index is 583. The fourth-order valence-corrected chi connectivity index (χ4v) is 4.56. The van der Waals surface area contributed by atoms with Gasteiger partial charge in [-0.1, -0.05) is 18.6 Å². The fraction of sp³-hybridized carbons (Fsp3) is 0.650. The SMILES string of the molecule is O=C(NCc1cccc(OC2CCCCC2)c1)N1CC2CCC1C2. The van der Waals surface area contributed by atoms with Gasteiger partial charge in [0.25, 0.3) is 0 Å². The van der Waals surface area contributed by atoms with Gasteiger partial charge in [-0.15, -0.1) is 0 Å². The van der Waals surface area contributed by atoms with E-state index in [-0.39, 0.29) is 6.03 Å². The van der Waals surface area contributed by atoms with Crippen molar-refractivity contribution < 1.29 is 9.53 Å². The van der Waals surface area contributed by atoms with E-state index in [2.05, 4.69) is 17.4 Å². The fourth-order valence-electron chi connectivity index (χ4n) is 4.56. The summed E-state index contributed by atoms with van der Waals surface area (Å²) >= 11 is 0. The minimum Gasteiger partial charge on any atom is -0.490 e. The third kappa shape index (κ3) is 3.52. The number of hydrogen-bond donors (Lipinski definition) is 1. The van der Waals surface area contributed by atoms with Crippen molar-refractivity contribution in [3.63, 3.8) is 0 Å². The van der Waals surface area contributed by atoms with Gasteiger partial charge in [0.1, 0.15) is 5.75 Å². The molecule has 24 heavy (non-hydrogen) atoms. The smallest absolute Gasteiger partial charge is 0.317 e. The molecule has 0 radical (unpaired) electrons. The zero-order valence-electron chi connectivity index (χ0n) is 14.4. The zero-order chi connectivity index (χ0) is 16.4. The van der Waals surface area contributed by atoms with Gasteiger partial charge in [-0.3, -0.25) is 0 Å². The molecule has 1 aliphatic heterocycles. The maximum absolute atomic E-state index is 12.4. The number of hydrogen-bond acceptors (Lipinski definition) is 2. The lowest BCUT2D eigenvalue weighted by molar-refractivity contribution is 0.155. The van der Waals surface area contributed by atoms with Crippen LogP contribution < -0.4 is 10.1 Å². The summed E-state index contributed by atoms with van der Waals surface area (Å²) in [7, 11) is 0. The number of amides is 2. The minimum atomic E-state index is 0.0980. The standard InChI is InChI=1S/C20H28N2O2/c23-20(22-14-16-9-10-17(22)11-16)21-13-15-5-4-8-19(12-15)24-18-6-2-1-3-7-18/h4-5,8,12,16-18H,1-3,6-7,9-11,13-14H2,(H,21,23). The van der Waals surface area contributed by atoms with E-state index in [4.69, 9.17) is 4.74 Å². The molecule has 2 unspecified atom stereocenters. The van der Waals surface area contributed by atoms with Crippen LogP contribution in [0.5, 0.6) is 5.75 Å². The molecule has 1 saturated heterocycles. The lowest BCUT2D eigenvalue weighted by Crippen LogP contribution is -2.44. The molecule has 1 N–H and O–H groups in total. The number of rotatable bonds is 4. The Hall–Kier alpha value is -1.71. The highest BCUT2D eigenvalue weighted by atomic mass is 16.5. The third-order valence-electron chi connectivity index (χ3n) is 5.87. The number of benzene rings is 1. The van der Waals surface area contributed by atoms with E-state index < -0.39 is 0 Å². The van der Waals surface area contributed by atoms with Crippen molar-refractivity contribution in [2.45, 2.75) is 70.1 Å². The molecule has 3 aliphatic rings. The second-order valence-corrected chi connectivity index (χ2v) is 7.67. The zero-order valence-corrected chi connectivity index (χ0v) is 14.4. The van der Waals surface area contributed by atoms with Gasteiger partial charge in [0.2, 0.25) is 0 Å². The Morgan fingerprint density at radius 3 is 2.79 bits per heavy atom. The lowest BCUT2D eigenvalue weighted by Gasteiger charge is -2.27. The Kier molecular flexibility index (Phi) is 4.63. The van der Waals surface area contributed by atoms with Crippen molar-refractivity contribution >= 4 is 6.03 Å². The number of nitrogens with zero attached hydrogens (tertiary/aromatic N) is 1. The molecule has 1 aromatic carbocycles. The van der Waals surface area contributed by atoms with E-state index in [1.165, 1.54) is 51.4 Å². The average Bonchev–Trinajstić information content (AvgIpc) is 3.24. The molecule has 130 valence electrons. The number of ether oxygens (including phenoxy) is 1. The number of urea groups is 1. The van der Waals surface area contributed by atoms with Crippen molar-refractivity contribution in [3.05, 3.63) is 29.8 Å². The normalized spacial score (nSPS) is 26.6. The molecule has 4 nitrogen and oxygen atoms in total. The molecule has 0 spiro atoms. The van der Waals surface area contributed by atoms with Crippen LogP contribution in [0.3, 0.4) is 0 Å². The van der Waals surface area contributed by atoms with Crippen LogP contribution in [-0.4, -0.2) is 29.6 Å². The summed E-state index contributed by atoms with van der Waals surface area (Å²) in [5.41, 5.74) is 1.11. The van der Waals surface area contributed by atoms with E-state index in [1.54, 1.807) is 0 Å². The van der Waals surface area contributed by atoms with Crippen LogP contribution in [0.2, 0.25) is 0 Å². The van der Waals surface area contributed by atoms with Gasteiger partial charge in [-0.25, -0.2) is 4.79 Å². The molecule has 2 bridgehead atoms. The first-order chi connectivity index (χ1) is 11.8.